The Labute approximate surface area is 172 Å². The molecule has 150 valence electrons. The van der Waals surface area contributed by atoms with E-state index in [1.807, 2.05) is 24.3 Å². The molecule has 3 rings (SSSR count). The molecule has 1 heterocycles. The van der Waals surface area contributed by atoms with Crippen molar-refractivity contribution in [2.45, 2.75) is 19.5 Å². The van der Waals surface area contributed by atoms with E-state index in [4.69, 9.17) is 16.3 Å². The molecule has 0 saturated carbocycles. The van der Waals surface area contributed by atoms with Gasteiger partial charge in [-0.2, -0.15) is 0 Å². The fourth-order valence-electron chi connectivity index (χ4n) is 3.34. The third-order valence-electron chi connectivity index (χ3n) is 4.94. The normalized spacial score (nSPS) is 14.3. The van der Waals surface area contributed by atoms with Crippen LogP contribution in [0.5, 0.6) is 0 Å². The molecule has 1 fully saturated rings. The van der Waals surface area contributed by atoms with Gasteiger partial charge in [0.2, 0.25) is 5.91 Å². The van der Waals surface area contributed by atoms with E-state index >= 15 is 0 Å². The quantitative estimate of drug-likeness (QED) is 0.737. The van der Waals surface area contributed by atoms with Crippen molar-refractivity contribution in [3.05, 3.63) is 64.7 Å². The lowest BCUT2D eigenvalue weighted by Gasteiger charge is -2.31. The second-order valence-corrected chi connectivity index (χ2v) is 7.49. The molecule has 0 spiro atoms. The topological polar surface area (TPSA) is 44.8 Å². The summed E-state index contributed by atoms with van der Waals surface area (Å²) in [6.45, 7) is 5.36. The van der Waals surface area contributed by atoms with Gasteiger partial charge in [0.1, 0.15) is 0 Å². The van der Waals surface area contributed by atoms with Crippen LogP contribution in [-0.4, -0.2) is 50.7 Å². The van der Waals surface area contributed by atoms with Gasteiger partial charge in [-0.15, -0.1) is 0 Å². The highest BCUT2D eigenvalue weighted by Gasteiger charge is 2.15. The first-order chi connectivity index (χ1) is 13.6. The highest BCUT2D eigenvalue weighted by atomic mass is 35.5. The Morgan fingerprint density at radius 1 is 1.11 bits per heavy atom. The van der Waals surface area contributed by atoms with Crippen LogP contribution in [0.4, 0.5) is 5.69 Å². The van der Waals surface area contributed by atoms with E-state index in [9.17, 15) is 4.79 Å². The number of rotatable bonds is 8. The minimum Gasteiger partial charge on any atom is -0.378 e. The highest BCUT2D eigenvalue weighted by Crippen LogP contribution is 2.22. The van der Waals surface area contributed by atoms with Gasteiger partial charge in [-0.25, -0.2) is 0 Å². The molecule has 1 aliphatic heterocycles. The molecule has 0 atom stereocenters. The predicted octanol–water partition coefficient (Wildman–Crippen LogP) is 3.31. The lowest BCUT2D eigenvalue weighted by molar-refractivity contribution is -0.121. The van der Waals surface area contributed by atoms with Gasteiger partial charge in [-0.1, -0.05) is 48.0 Å². The van der Waals surface area contributed by atoms with Gasteiger partial charge in [-0.05, 0) is 30.3 Å². The number of hydrogen-bond donors (Lipinski definition) is 1. The molecule has 1 N–H and O–H groups in total. The van der Waals surface area contributed by atoms with Crippen LogP contribution in [0, 0.1) is 0 Å². The Hall–Kier alpha value is -2.08. The molecule has 0 radical (unpaired) electrons. The Bertz CT molecular complexity index is 778. The van der Waals surface area contributed by atoms with Gasteiger partial charge in [0.15, 0.2) is 0 Å². The summed E-state index contributed by atoms with van der Waals surface area (Å²) in [5.74, 6) is 0.0354. The minimum absolute atomic E-state index is 0.0354. The van der Waals surface area contributed by atoms with Crippen molar-refractivity contribution in [3.8, 4) is 0 Å². The molecule has 0 aliphatic carbocycles. The number of para-hydroxylation sites is 1. The van der Waals surface area contributed by atoms with Crippen LogP contribution in [0.3, 0.4) is 0 Å². The van der Waals surface area contributed by atoms with Gasteiger partial charge >= 0.3 is 0 Å². The zero-order chi connectivity index (χ0) is 19.8. The Balaban J connectivity index is 1.47. The van der Waals surface area contributed by atoms with Crippen molar-refractivity contribution in [3.63, 3.8) is 0 Å². The Morgan fingerprint density at radius 2 is 1.79 bits per heavy atom. The number of ether oxygens (including phenoxy) is 1. The molecule has 0 aromatic heterocycles. The second kappa shape index (κ2) is 10.5. The van der Waals surface area contributed by atoms with Gasteiger partial charge < -0.3 is 19.9 Å². The molecule has 0 unspecified atom stereocenters. The van der Waals surface area contributed by atoms with E-state index in [2.05, 4.69) is 46.4 Å². The van der Waals surface area contributed by atoms with E-state index < -0.39 is 0 Å². The van der Waals surface area contributed by atoms with Crippen molar-refractivity contribution in [2.75, 3.05) is 44.8 Å². The summed E-state index contributed by atoms with van der Waals surface area (Å²) in [6.07, 6.45) is 0.459. The van der Waals surface area contributed by atoms with E-state index in [-0.39, 0.29) is 5.91 Å². The zero-order valence-corrected chi connectivity index (χ0v) is 17.1. The van der Waals surface area contributed by atoms with Crippen molar-refractivity contribution in [1.82, 2.24) is 10.2 Å². The summed E-state index contributed by atoms with van der Waals surface area (Å²) < 4.78 is 5.46. The largest absolute Gasteiger partial charge is 0.378 e. The number of anilines is 1. The number of nitrogens with one attached hydrogen (secondary N) is 1. The Kier molecular flexibility index (Phi) is 7.71. The van der Waals surface area contributed by atoms with Gasteiger partial charge in [0, 0.05) is 49.9 Å². The number of nitrogens with zero attached hydrogens (tertiary/aromatic N) is 2. The summed E-state index contributed by atoms with van der Waals surface area (Å²) in [6, 6.07) is 16.1. The molecule has 0 bridgehead atoms. The minimum atomic E-state index is 0.0354. The van der Waals surface area contributed by atoms with Crippen LogP contribution in [0.25, 0.3) is 0 Å². The maximum Gasteiger partial charge on any atom is 0.221 e. The number of carbonyl (C=O) groups excluding carboxylic acids is 1. The molecule has 1 aliphatic rings. The van der Waals surface area contributed by atoms with Crippen LogP contribution in [0.2, 0.25) is 5.02 Å². The van der Waals surface area contributed by atoms with Crippen LogP contribution < -0.4 is 10.2 Å². The fourth-order valence-corrected chi connectivity index (χ4v) is 3.55. The second-order valence-electron chi connectivity index (χ2n) is 7.08. The molecule has 5 nitrogen and oxygen atoms in total. The molecule has 6 heteroatoms. The smallest absolute Gasteiger partial charge is 0.221 e. The number of carbonyl (C=O) groups is 1. The highest BCUT2D eigenvalue weighted by molar-refractivity contribution is 6.31. The van der Waals surface area contributed by atoms with Crippen molar-refractivity contribution in [2.24, 2.45) is 0 Å². The maximum atomic E-state index is 12.2. The summed E-state index contributed by atoms with van der Waals surface area (Å²) in [5.41, 5.74) is 3.48. The Morgan fingerprint density at radius 3 is 2.54 bits per heavy atom. The van der Waals surface area contributed by atoms with Crippen molar-refractivity contribution >= 4 is 23.2 Å². The van der Waals surface area contributed by atoms with E-state index in [1.54, 1.807) is 0 Å². The number of hydrogen-bond acceptors (Lipinski definition) is 4. The van der Waals surface area contributed by atoms with E-state index in [0.29, 0.717) is 24.5 Å². The van der Waals surface area contributed by atoms with Crippen LogP contribution in [-0.2, 0) is 22.6 Å². The first kappa shape index (κ1) is 20.6. The molecule has 1 amide bonds. The SMILES string of the molecule is CN(CCC(=O)NCc1ccccc1Cl)Cc1ccccc1N1CCOCC1. The molecular formula is C22H28ClN3O2. The monoisotopic (exact) mass is 401 g/mol. The molecule has 2 aromatic carbocycles. The predicted molar refractivity (Wildman–Crippen MR) is 114 cm³/mol. The number of morpholine rings is 1. The van der Waals surface area contributed by atoms with Crippen molar-refractivity contribution < 1.29 is 9.53 Å². The molecule has 28 heavy (non-hydrogen) atoms. The summed E-state index contributed by atoms with van der Waals surface area (Å²) in [5, 5.41) is 3.63. The van der Waals surface area contributed by atoms with E-state index in [0.717, 1.165) is 38.4 Å². The van der Waals surface area contributed by atoms with Crippen LogP contribution >= 0.6 is 11.6 Å². The molecule has 2 aromatic rings. The third kappa shape index (κ3) is 5.96. The first-order valence-corrected chi connectivity index (χ1v) is 10.1. The maximum absolute atomic E-state index is 12.2. The average molecular weight is 402 g/mol. The number of halogens is 1. The van der Waals surface area contributed by atoms with Crippen molar-refractivity contribution in [1.29, 1.82) is 0 Å². The number of benzene rings is 2. The summed E-state index contributed by atoms with van der Waals surface area (Å²) >= 11 is 6.13. The van der Waals surface area contributed by atoms with Gasteiger partial charge in [0.25, 0.3) is 0 Å². The van der Waals surface area contributed by atoms with Crippen LogP contribution in [0.1, 0.15) is 17.5 Å². The summed E-state index contributed by atoms with van der Waals surface area (Å²) in [4.78, 5) is 16.8. The van der Waals surface area contributed by atoms with Gasteiger partial charge in [-0.3, -0.25) is 4.79 Å². The lowest BCUT2D eigenvalue weighted by atomic mass is 10.1. The molecule has 1 saturated heterocycles. The first-order valence-electron chi connectivity index (χ1n) is 9.73. The zero-order valence-electron chi connectivity index (χ0n) is 16.4. The van der Waals surface area contributed by atoms with Crippen LogP contribution in [0.15, 0.2) is 48.5 Å². The average Bonchev–Trinajstić information content (AvgIpc) is 2.73. The van der Waals surface area contributed by atoms with Gasteiger partial charge in [0.05, 0.1) is 13.2 Å². The number of amides is 1. The standard InChI is InChI=1S/C22H28ClN3O2/c1-25(11-10-22(27)24-16-18-6-2-4-8-20(18)23)17-19-7-3-5-9-21(19)26-12-14-28-15-13-26/h2-9H,10-17H2,1H3,(H,24,27). The molecular weight excluding hydrogens is 374 g/mol. The fraction of sp³-hybridized carbons (Fsp3) is 0.409. The summed E-state index contributed by atoms with van der Waals surface area (Å²) in [7, 11) is 2.05. The third-order valence-corrected chi connectivity index (χ3v) is 5.31. The lowest BCUT2D eigenvalue weighted by Crippen LogP contribution is -2.37. The van der Waals surface area contributed by atoms with E-state index in [1.165, 1.54) is 11.3 Å².